The molecular weight excluding hydrogens is 436 g/mol. The number of rotatable bonds is 13. The number of hydrogen-bond donors (Lipinski definition) is 1. The van der Waals surface area contributed by atoms with Gasteiger partial charge in [-0.3, -0.25) is 4.79 Å². The smallest absolute Gasteiger partial charge is 0.307 e. The van der Waals surface area contributed by atoms with E-state index in [0.29, 0.717) is 35.8 Å². The Bertz CT molecular complexity index is 876. The summed E-state index contributed by atoms with van der Waals surface area (Å²) < 4.78 is 11.0. The molecule has 0 heterocycles. The van der Waals surface area contributed by atoms with Gasteiger partial charge in [-0.15, -0.1) is 0 Å². The number of allylic oxidation sites excluding steroid dienone is 5. The maximum Gasteiger partial charge on any atom is 0.307 e. The van der Waals surface area contributed by atoms with Crippen molar-refractivity contribution >= 4 is 23.1 Å². The van der Waals surface area contributed by atoms with Crippen LogP contribution in [0.4, 0.5) is 0 Å². The van der Waals surface area contributed by atoms with E-state index >= 15 is 0 Å². The van der Waals surface area contributed by atoms with Crippen molar-refractivity contribution in [3.63, 3.8) is 0 Å². The number of halogens is 1. The lowest BCUT2D eigenvalue weighted by Gasteiger charge is -2.29. The van der Waals surface area contributed by atoms with Gasteiger partial charge in [-0.1, -0.05) is 68.5 Å². The van der Waals surface area contributed by atoms with Crippen molar-refractivity contribution in [3.8, 4) is 0 Å². The minimum atomic E-state index is -0.887. The zero-order valence-electron chi connectivity index (χ0n) is 19.9. The van der Waals surface area contributed by atoms with Gasteiger partial charge < -0.3 is 14.6 Å². The topological polar surface area (TPSA) is 55.8 Å². The van der Waals surface area contributed by atoms with Crippen LogP contribution >= 0.6 is 11.6 Å². The summed E-state index contributed by atoms with van der Waals surface area (Å²) in [6.07, 6.45) is 13.4. The van der Waals surface area contributed by atoms with E-state index in [0.717, 1.165) is 49.7 Å². The number of aliphatic carboxylic acids is 1. The van der Waals surface area contributed by atoms with Gasteiger partial charge in [0.1, 0.15) is 0 Å². The zero-order chi connectivity index (χ0) is 24.2. The number of carbonyl (C=O) groups is 1. The Morgan fingerprint density at radius 3 is 2.45 bits per heavy atom. The normalized spacial score (nSPS) is 19.4. The van der Waals surface area contributed by atoms with Gasteiger partial charge in [0.2, 0.25) is 0 Å². The molecule has 0 aliphatic heterocycles. The second-order valence-electron chi connectivity index (χ2n) is 8.47. The van der Waals surface area contributed by atoms with Crippen LogP contribution in [0.25, 0.3) is 5.57 Å². The quantitative estimate of drug-likeness (QED) is 0.245. The highest BCUT2D eigenvalue weighted by molar-refractivity contribution is 6.32. The Morgan fingerprint density at radius 2 is 1.88 bits per heavy atom. The molecule has 0 radical (unpaired) electrons. The highest BCUT2D eigenvalue weighted by Gasteiger charge is 2.24. The van der Waals surface area contributed by atoms with Crippen molar-refractivity contribution in [1.29, 1.82) is 0 Å². The van der Waals surface area contributed by atoms with E-state index in [1.807, 2.05) is 6.08 Å². The van der Waals surface area contributed by atoms with Crippen LogP contribution < -0.4 is 0 Å². The largest absolute Gasteiger partial charge is 0.481 e. The first-order valence-corrected chi connectivity index (χ1v) is 12.1. The van der Waals surface area contributed by atoms with Gasteiger partial charge in [0, 0.05) is 17.7 Å². The first kappa shape index (κ1) is 27.1. The highest BCUT2D eigenvalue weighted by atomic mass is 35.5. The van der Waals surface area contributed by atoms with E-state index < -0.39 is 5.97 Å². The van der Waals surface area contributed by atoms with Gasteiger partial charge in [0.15, 0.2) is 0 Å². The molecule has 0 amide bonds. The fourth-order valence-electron chi connectivity index (χ4n) is 4.40. The van der Waals surface area contributed by atoms with Crippen LogP contribution in [-0.2, 0) is 20.7 Å². The Labute approximate surface area is 203 Å². The van der Waals surface area contributed by atoms with E-state index in [1.165, 1.54) is 11.1 Å². The SMILES string of the molecule is C=CC(=C/C=C(\C=C)c1c(Cl)cc(C2CCC(OCCOC)CC2)cc1CCC)CC(=O)O. The third kappa shape index (κ3) is 8.29. The van der Waals surface area contributed by atoms with Gasteiger partial charge in [-0.05, 0) is 66.4 Å². The molecule has 5 heteroatoms. The highest BCUT2D eigenvalue weighted by Crippen LogP contribution is 2.39. The molecule has 2 rings (SSSR count). The predicted octanol–water partition coefficient (Wildman–Crippen LogP) is 7.14. The first-order chi connectivity index (χ1) is 15.9. The minimum Gasteiger partial charge on any atom is -0.481 e. The molecule has 0 saturated heterocycles. The number of methoxy groups -OCH3 is 1. The van der Waals surface area contributed by atoms with Crippen LogP contribution in [0.1, 0.15) is 68.1 Å². The number of hydrogen-bond acceptors (Lipinski definition) is 3. The fourth-order valence-corrected chi connectivity index (χ4v) is 4.75. The standard InChI is InChI=1S/C28H37ClO4/c1-5-8-23-18-24(22-11-13-25(14-12-22)33-16-15-32-4)19-26(29)28(23)21(7-3)10-9-20(6-2)17-27(30)31/h6-7,9-10,18-19,22,25H,2-3,5,8,11-17H2,1,4H3,(H,30,31)/b20-9?,21-10+. The molecule has 4 nitrogen and oxygen atoms in total. The van der Waals surface area contributed by atoms with Crippen molar-refractivity contribution in [2.24, 2.45) is 0 Å². The number of aryl methyl sites for hydroxylation is 1. The van der Waals surface area contributed by atoms with E-state index in [4.69, 9.17) is 26.2 Å². The Morgan fingerprint density at radius 1 is 1.15 bits per heavy atom. The van der Waals surface area contributed by atoms with Crippen molar-refractivity contribution in [2.45, 2.75) is 63.9 Å². The van der Waals surface area contributed by atoms with Crippen LogP contribution in [0.2, 0.25) is 5.02 Å². The summed E-state index contributed by atoms with van der Waals surface area (Å²) >= 11 is 6.85. The number of carboxylic acids is 1. The van der Waals surface area contributed by atoms with Crippen LogP contribution in [0.5, 0.6) is 0 Å². The summed E-state index contributed by atoms with van der Waals surface area (Å²) in [5, 5.41) is 9.79. The van der Waals surface area contributed by atoms with Crippen molar-refractivity contribution in [3.05, 3.63) is 76.9 Å². The molecule has 0 spiro atoms. The molecule has 1 aromatic rings. The second kappa shape index (κ2) is 14.2. The molecule has 180 valence electrons. The maximum atomic E-state index is 11.1. The monoisotopic (exact) mass is 472 g/mol. The average molecular weight is 473 g/mol. The van der Waals surface area contributed by atoms with Gasteiger partial charge >= 0.3 is 5.97 Å². The van der Waals surface area contributed by atoms with E-state index in [2.05, 4.69) is 32.2 Å². The summed E-state index contributed by atoms with van der Waals surface area (Å²) in [4.78, 5) is 11.1. The lowest BCUT2D eigenvalue weighted by atomic mass is 9.81. The molecular formula is C28H37ClO4. The Hall–Kier alpha value is -2.14. The van der Waals surface area contributed by atoms with Gasteiger partial charge in [0.05, 0.1) is 25.7 Å². The van der Waals surface area contributed by atoms with Crippen LogP contribution in [-0.4, -0.2) is 37.5 Å². The number of ether oxygens (including phenoxy) is 2. The number of benzene rings is 1. The van der Waals surface area contributed by atoms with E-state index in [9.17, 15) is 4.79 Å². The summed E-state index contributed by atoms with van der Waals surface area (Å²) in [7, 11) is 1.69. The molecule has 0 atom stereocenters. The molecule has 1 aliphatic rings. The van der Waals surface area contributed by atoms with Crippen molar-refractivity contribution in [1.82, 2.24) is 0 Å². The molecule has 1 saturated carbocycles. The van der Waals surface area contributed by atoms with Gasteiger partial charge in [-0.25, -0.2) is 0 Å². The van der Waals surface area contributed by atoms with E-state index in [1.54, 1.807) is 25.3 Å². The first-order valence-electron chi connectivity index (χ1n) is 11.7. The van der Waals surface area contributed by atoms with Crippen molar-refractivity contribution < 1.29 is 19.4 Å². The minimum absolute atomic E-state index is 0.0727. The zero-order valence-corrected chi connectivity index (χ0v) is 20.7. The lowest BCUT2D eigenvalue weighted by Crippen LogP contribution is -2.22. The van der Waals surface area contributed by atoms with E-state index in [-0.39, 0.29) is 6.42 Å². The Kier molecular flexibility index (Phi) is 11.7. The molecule has 1 aliphatic carbocycles. The third-order valence-corrected chi connectivity index (χ3v) is 6.40. The second-order valence-corrected chi connectivity index (χ2v) is 8.87. The molecule has 0 unspecified atom stereocenters. The van der Waals surface area contributed by atoms with Crippen molar-refractivity contribution in [2.75, 3.05) is 20.3 Å². The summed E-state index contributed by atoms with van der Waals surface area (Å²) in [6, 6.07) is 4.40. The molecule has 0 bridgehead atoms. The van der Waals surface area contributed by atoms with Gasteiger partial charge in [-0.2, -0.15) is 0 Å². The third-order valence-electron chi connectivity index (χ3n) is 6.10. The average Bonchev–Trinajstić information content (AvgIpc) is 2.80. The number of carboxylic acid groups (broad SMARTS) is 1. The fraction of sp³-hybridized carbons (Fsp3) is 0.464. The molecule has 33 heavy (non-hydrogen) atoms. The molecule has 0 aromatic heterocycles. The summed E-state index contributed by atoms with van der Waals surface area (Å²) in [6.45, 7) is 11.1. The predicted molar refractivity (Wildman–Crippen MR) is 137 cm³/mol. The van der Waals surface area contributed by atoms with Gasteiger partial charge in [0.25, 0.3) is 0 Å². The summed E-state index contributed by atoms with van der Waals surface area (Å²) in [5.41, 5.74) is 4.99. The van der Waals surface area contributed by atoms with Crippen LogP contribution in [0.3, 0.4) is 0 Å². The molecule has 1 aromatic carbocycles. The maximum absolute atomic E-state index is 11.1. The molecule has 1 N–H and O–H groups in total. The molecule has 1 fully saturated rings. The lowest BCUT2D eigenvalue weighted by molar-refractivity contribution is -0.136. The van der Waals surface area contributed by atoms with Crippen LogP contribution in [0, 0.1) is 0 Å². The summed E-state index contributed by atoms with van der Waals surface area (Å²) in [5.74, 6) is -0.406. The van der Waals surface area contributed by atoms with Crippen LogP contribution in [0.15, 0.2) is 55.2 Å². The Balaban J connectivity index is 2.28.